The third kappa shape index (κ3) is 9.91. The number of nitrogens with one attached hydrogen (secondary N) is 2. The van der Waals surface area contributed by atoms with Crippen LogP contribution in [0, 0.1) is 0 Å². The van der Waals surface area contributed by atoms with E-state index in [2.05, 4.69) is 5.32 Å². The number of thioether (sulfide) groups is 1. The molecule has 0 aliphatic carbocycles. The number of hydrogen-bond donors (Lipinski definition) is 5. The number of hydroxylamine groups is 1. The van der Waals surface area contributed by atoms with Crippen molar-refractivity contribution in [3.05, 3.63) is 95.1 Å². The van der Waals surface area contributed by atoms with E-state index in [0.29, 0.717) is 43.5 Å². The molecule has 11 heteroatoms. The number of aromatic carboxylic acids is 1. The van der Waals surface area contributed by atoms with Gasteiger partial charge in [0.15, 0.2) is 6.29 Å². The van der Waals surface area contributed by atoms with Gasteiger partial charge in [-0.15, -0.1) is 11.8 Å². The van der Waals surface area contributed by atoms with Crippen molar-refractivity contribution < 1.29 is 39.3 Å². The predicted octanol–water partition coefficient (Wildman–Crippen LogP) is 5.61. The zero-order valence-corrected chi connectivity index (χ0v) is 24.4. The van der Waals surface area contributed by atoms with Crippen molar-refractivity contribution in [3.8, 4) is 0 Å². The lowest BCUT2D eigenvalue weighted by molar-refractivity contribution is -0.245. The van der Waals surface area contributed by atoms with Crippen molar-refractivity contribution in [3.63, 3.8) is 0 Å². The van der Waals surface area contributed by atoms with Gasteiger partial charge in [0, 0.05) is 41.2 Å². The van der Waals surface area contributed by atoms with Crippen molar-refractivity contribution in [2.45, 2.75) is 68.5 Å². The minimum absolute atomic E-state index is 0.0380. The van der Waals surface area contributed by atoms with Crippen LogP contribution in [0.3, 0.4) is 0 Å². The molecule has 1 fully saturated rings. The first kappa shape index (κ1) is 32.2. The summed E-state index contributed by atoms with van der Waals surface area (Å²) in [6.45, 7) is -0.0380. The number of benzene rings is 3. The predicted molar refractivity (Wildman–Crippen MR) is 161 cm³/mol. The summed E-state index contributed by atoms with van der Waals surface area (Å²) in [5.41, 5.74) is 5.09. The van der Waals surface area contributed by atoms with Gasteiger partial charge in [0.2, 0.25) is 11.8 Å². The minimum Gasteiger partial charge on any atom is -0.478 e. The Morgan fingerprint density at radius 1 is 0.814 bits per heavy atom. The van der Waals surface area contributed by atoms with Crippen LogP contribution in [0.25, 0.3) is 0 Å². The van der Waals surface area contributed by atoms with Gasteiger partial charge in [0.05, 0.1) is 24.4 Å². The number of amides is 2. The lowest BCUT2D eigenvalue weighted by Crippen LogP contribution is -2.31. The molecule has 2 amide bonds. The van der Waals surface area contributed by atoms with E-state index < -0.39 is 18.2 Å². The van der Waals surface area contributed by atoms with Crippen LogP contribution < -0.4 is 10.8 Å². The molecular weight excluding hydrogens is 572 g/mol. The molecule has 43 heavy (non-hydrogen) atoms. The van der Waals surface area contributed by atoms with Crippen LogP contribution in [-0.4, -0.2) is 45.1 Å². The van der Waals surface area contributed by atoms with Gasteiger partial charge in [-0.2, -0.15) is 0 Å². The number of ether oxygens (including phenoxy) is 2. The van der Waals surface area contributed by atoms with E-state index in [4.69, 9.17) is 19.8 Å². The Morgan fingerprint density at radius 3 is 2.09 bits per heavy atom. The summed E-state index contributed by atoms with van der Waals surface area (Å²) in [4.78, 5) is 35.5. The van der Waals surface area contributed by atoms with Crippen LogP contribution in [0.15, 0.2) is 77.7 Å². The highest BCUT2D eigenvalue weighted by atomic mass is 32.2. The number of rotatable bonds is 14. The maximum absolute atomic E-state index is 12.4. The fraction of sp³-hybridized carbons (Fsp3) is 0.344. The Labute approximate surface area is 254 Å². The zero-order chi connectivity index (χ0) is 30.6. The molecule has 1 heterocycles. The fourth-order valence-corrected chi connectivity index (χ4v) is 5.58. The van der Waals surface area contributed by atoms with Crippen molar-refractivity contribution in [2.24, 2.45) is 0 Å². The average molecular weight is 609 g/mol. The van der Waals surface area contributed by atoms with Gasteiger partial charge in [-0.05, 0) is 60.4 Å². The Bertz CT molecular complexity index is 1350. The lowest BCUT2D eigenvalue weighted by Gasteiger charge is -2.36. The molecule has 1 saturated heterocycles. The molecule has 3 aromatic carbocycles. The quantitative estimate of drug-likeness (QED) is 0.0680. The Morgan fingerprint density at radius 2 is 1.47 bits per heavy atom. The van der Waals surface area contributed by atoms with E-state index in [-0.39, 0.29) is 36.7 Å². The number of carbonyl (C=O) groups excluding carboxylic acids is 2. The monoisotopic (exact) mass is 608 g/mol. The summed E-state index contributed by atoms with van der Waals surface area (Å²) in [5.74, 6) is -0.881. The van der Waals surface area contributed by atoms with Crippen LogP contribution in [0.1, 0.15) is 78.0 Å². The Kier molecular flexibility index (Phi) is 12.1. The molecule has 10 nitrogen and oxygen atoms in total. The van der Waals surface area contributed by atoms with Crippen LogP contribution in [0.4, 0.5) is 5.69 Å². The molecule has 5 N–H and O–H groups in total. The minimum atomic E-state index is -0.963. The van der Waals surface area contributed by atoms with E-state index in [9.17, 15) is 19.5 Å². The van der Waals surface area contributed by atoms with E-state index in [1.807, 2.05) is 36.4 Å². The third-order valence-electron chi connectivity index (χ3n) is 7.05. The van der Waals surface area contributed by atoms with E-state index in [1.54, 1.807) is 53.6 Å². The maximum Gasteiger partial charge on any atom is 0.335 e. The standard InChI is InChI=1S/C32H36N2O8S/c35-19-21-6-8-22(9-7-21)28-18-26(20-43-27-16-12-23(13-17-27)31(38)39)41-32(42-28)24-10-14-25(15-11-24)33-29(36)4-2-1-3-5-30(37)34-40/h6-17,26,28,32,35,40H,1-5,18-20H2,(H,33,36)(H,34,37)(H,38,39). The molecule has 3 unspecified atom stereocenters. The number of aliphatic hydroxyl groups excluding tert-OH is 1. The molecule has 0 saturated carbocycles. The highest BCUT2D eigenvalue weighted by molar-refractivity contribution is 7.99. The molecule has 0 radical (unpaired) electrons. The number of carboxylic acids is 1. The molecule has 0 bridgehead atoms. The number of unbranched alkanes of at least 4 members (excludes halogenated alkanes) is 2. The molecule has 0 aromatic heterocycles. The highest BCUT2D eigenvalue weighted by Crippen LogP contribution is 2.39. The summed E-state index contributed by atoms with van der Waals surface area (Å²) in [7, 11) is 0. The molecule has 228 valence electrons. The van der Waals surface area contributed by atoms with Crippen LogP contribution in [-0.2, 0) is 25.7 Å². The molecule has 4 rings (SSSR count). The van der Waals surface area contributed by atoms with Crippen molar-refractivity contribution in [2.75, 3.05) is 11.1 Å². The largest absolute Gasteiger partial charge is 0.478 e. The number of aliphatic hydroxyl groups is 1. The normalized spacial score (nSPS) is 18.1. The first-order valence-electron chi connectivity index (χ1n) is 14.1. The van der Waals surface area contributed by atoms with Crippen molar-refractivity contribution in [1.29, 1.82) is 0 Å². The Balaban J connectivity index is 1.37. The smallest absolute Gasteiger partial charge is 0.335 e. The van der Waals surface area contributed by atoms with E-state index in [0.717, 1.165) is 21.6 Å². The zero-order valence-electron chi connectivity index (χ0n) is 23.6. The molecule has 3 atom stereocenters. The number of hydrogen-bond acceptors (Lipinski definition) is 8. The molecular formula is C32H36N2O8S. The molecule has 0 spiro atoms. The van der Waals surface area contributed by atoms with Gasteiger partial charge < -0.3 is 25.0 Å². The third-order valence-corrected chi connectivity index (χ3v) is 8.20. The molecule has 1 aliphatic heterocycles. The van der Waals surface area contributed by atoms with Crippen LogP contribution in [0.5, 0.6) is 0 Å². The van der Waals surface area contributed by atoms with Gasteiger partial charge in [-0.25, -0.2) is 10.3 Å². The van der Waals surface area contributed by atoms with Crippen LogP contribution >= 0.6 is 11.8 Å². The lowest BCUT2D eigenvalue weighted by atomic mass is 10.0. The summed E-state index contributed by atoms with van der Waals surface area (Å²) in [5, 5.41) is 30.0. The van der Waals surface area contributed by atoms with Gasteiger partial charge in [0.25, 0.3) is 0 Å². The Hall–Kier alpha value is -3.74. The van der Waals surface area contributed by atoms with Gasteiger partial charge in [-0.1, -0.05) is 42.8 Å². The van der Waals surface area contributed by atoms with Crippen molar-refractivity contribution in [1.82, 2.24) is 5.48 Å². The second kappa shape index (κ2) is 16.2. The molecule has 1 aliphatic rings. The molecule has 3 aromatic rings. The summed E-state index contributed by atoms with van der Waals surface area (Å²) >= 11 is 1.58. The second-order valence-electron chi connectivity index (χ2n) is 10.3. The SMILES string of the molecule is O=C(CCCCCC(=O)Nc1ccc(C2OC(CSc3ccc(C(=O)O)cc3)CC(c3ccc(CO)cc3)O2)cc1)NO. The first-order chi connectivity index (χ1) is 20.8. The summed E-state index contributed by atoms with van der Waals surface area (Å²) in [6.07, 6.45) is 2.06. The van der Waals surface area contributed by atoms with E-state index >= 15 is 0 Å². The van der Waals surface area contributed by atoms with Gasteiger partial charge >= 0.3 is 5.97 Å². The average Bonchev–Trinajstić information content (AvgIpc) is 3.04. The number of carbonyl (C=O) groups is 3. The van der Waals surface area contributed by atoms with E-state index in [1.165, 1.54) is 0 Å². The maximum atomic E-state index is 12.4. The van der Waals surface area contributed by atoms with Gasteiger partial charge in [-0.3, -0.25) is 14.8 Å². The van der Waals surface area contributed by atoms with Crippen molar-refractivity contribution >= 4 is 35.2 Å². The second-order valence-corrected chi connectivity index (χ2v) is 11.3. The first-order valence-corrected chi connectivity index (χ1v) is 15.1. The fourth-order valence-electron chi connectivity index (χ4n) is 4.66. The number of carboxylic acid groups (broad SMARTS) is 1. The van der Waals surface area contributed by atoms with Gasteiger partial charge in [0.1, 0.15) is 0 Å². The van der Waals surface area contributed by atoms with Crippen LogP contribution in [0.2, 0.25) is 0 Å². The summed E-state index contributed by atoms with van der Waals surface area (Å²) < 4.78 is 12.8. The topological polar surface area (TPSA) is 154 Å². The highest BCUT2D eigenvalue weighted by Gasteiger charge is 2.32. The number of anilines is 1. The summed E-state index contributed by atoms with van der Waals surface area (Å²) in [6, 6.07) is 21.7.